The van der Waals surface area contributed by atoms with E-state index < -0.39 is 0 Å². The van der Waals surface area contributed by atoms with Gasteiger partial charge in [0.15, 0.2) is 0 Å². The van der Waals surface area contributed by atoms with E-state index in [2.05, 4.69) is 26.7 Å². The van der Waals surface area contributed by atoms with Gasteiger partial charge in [-0.05, 0) is 49.3 Å². The molecule has 0 aromatic carbocycles. The summed E-state index contributed by atoms with van der Waals surface area (Å²) >= 11 is 1.86. The van der Waals surface area contributed by atoms with Crippen molar-refractivity contribution in [3.63, 3.8) is 0 Å². The molecule has 1 atom stereocenters. The van der Waals surface area contributed by atoms with Crippen molar-refractivity contribution in [1.29, 1.82) is 0 Å². The number of fused-ring (bicyclic) bond motifs is 1. The molecule has 3 nitrogen and oxygen atoms in total. The maximum absolute atomic E-state index is 4.41. The van der Waals surface area contributed by atoms with Crippen LogP contribution in [0.5, 0.6) is 0 Å². The zero-order valence-corrected chi connectivity index (χ0v) is 10.6. The Morgan fingerprint density at radius 3 is 3.24 bits per heavy atom. The molecule has 0 aliphatic heterocycles. The minimum absolute atomic E-state index is 0.381. The summed E-state index contributed by atoms with van der Waals surface area (Å²) < 4.78 is 0. The first-order chi connectivity index (χ1) is 8.33. The van der Waals surface area contributed by atoms with Gasteiger partial charge in [0.25, 0.3) is 0 Å². The minimum atomic E-state index is 0.381. The van der Waals surface area contributed by atoms with Crippen LogP contribution < -0.4 is 5.32 Å². The van der Waals surface area contributed by atoms with Crippen LogP contribution in [0.3, 0.4) is 0 Å². The third-order valence-corrected chi connectivity index (χ3v) is 4.15. The summed E-state index contributed by atoms with van der Waals surface area (Å²) in [6.07, 6.45) is 5.44. The topological polar surface area (TPSA) is 37.8 Å². The van der Waals surface area contributed by atoms with Gasteiger partial charge in [-0.15, -0.1) is 11.3 Å². The predicted octanol–water partition coefficient (Wildman–Crippen LogP) is 3.34. The lowest BCUT2D eigenvalue weighted by Gasteiger charge is -2.23. The number of aryl methyl sites for hydroxylation is 2. The quantitative estimate of drug-likeness (QED) is 0.881. The molecule has 0 radical (unpaired) electrons. The Hall–Kier alpha value is -1.42. The SMILES string of the molecule is Cc1ccnc(NC2CCCc3sccc32)n1. The summed E-state index contributed by atoms with van der Waals surface area (Å²) in [7, 11) is 0. The normalized spacial score (nSPS) is 18.8. The highest BCUT2D eigenvalue weighted by molar-refractivity contribution is 7.10. The van der Waals surface area contributed by atoms with Crippen molar-refractivity contribution < 1.29 is 0 Å². The summed E-state index contributed by atoms with van der Waals surface area (Å²) in [5.74, 6) is 0.744. The van der Waals surface area contributed by atoms with Gasteiger partial charge in [0.05, 0.1) is 6.04 Å². The zero-order chi connectivity index (χ0) is 11.7. The molecule has 2 aromatic rings. The molecule has 3 rings (SSSR count). The largest absolute Gasteiger partial charge is 0.347 e. The van der Waals surface area contributed by atoms with Gasteiger partial charge in [-0.25, -0.2) is 9.97 Å². The van der Waals surface area contributed by atoms with Gasteiger partial charge in [-0.3, -0.25) is 0 Å². The lowest BCUT2D eigenvalue weighted by Crippen LogP contribution is -2.17. The molecule has 2 aromatic heterocycles. The molecule has 1 unspecified atom stereocenters. The van der Waals surface area contributed by atoms with Crippen LogP contribution in [-0.2, 0) is 6.42 Å². The monoisotopic (exact) mass is 245 g/mol. The molecular formula is C13H15N3S. The molecule has 2 heterocycles. The van der Waals surface area contributed by atoms with Crippen LogP contribution in [0, 0.1) is 6.92 Å². The fourth-order valence-corrected chi connectivity index (χ4v) is 3.30. The Balaban J connectivity index is 1.84. The number of thiophene rings is 1. The van der Waals surface area contributed by atoms with Crippen LogP contribution in [0.1, 0.15) is 35.0 Å². The van der Waals surface area contributed by atoms with E-state index >= 15 is 0 Å². The van der Waals surface area contributed by atoms with Gasteiger partial charge >= 0.3 is 0 Å². The second-order valence-electron chi connectivity index (χ2n) is 4.41. The molecule has 1 aliphatic rings. The fraction of sp³-hybridized carbons (Fsp3) is 0.385. The highest BCUT2D eigenvalue weighted by Crippen LogP contribution is 2.34. The Morgan fingerprint density at radius 2 is 2.35 bits per heavy atom. The van der Waals surface area contributed by atoms with E-state index in [-0.39, 0.29) is 0 Å². The number of aromatic nitrogens is 2. The first kappa shape index (κ1) is 10.7. The van der Waals surface area contributed by atoms with Crippen LogP contribution in [0.15, 0.2) is 23.7 Å². The third kappa shape index (κ3) is 2.17. The molecule has 0 bridgehead atoms. The maximum atomic E-state index is 4.41. The highest BCUT2D eigenvalue weighted by Gasteiger charge is 2.21. The van der Waals surface area contributed by atoms with Crippen LogP contribution in [-0.4, -0.2) is 9.97 Å². The van der Waals surface area contributed by atoms with E-state index in [1.165, 1.54) is 29.7 Å². The molecule has 0 saturated carbocycles. The Bertz CT molecular complexity index is 521. The van der Waals surface area contributed by atoms with Crippen LogP contribution in [0.4, 0.5) is 5.95 Å². The Morgan fingerprint density at radius 1 is 1.41 bits per heavy atom. The number of hydrogen-bond acceptors (Lipinski definition) is 4. The van der Waals surface area contributed by atoms with E-state index in [9.17, 15) is 0 Å². The summed E-state index contributed by atoms with van der Waals surface area (Å²) in [6.45, 7) is 1.99. The summed E-state index contributed by atoms with van der Waals surface area (Å²) in [6, 6.07) is 4.53. The second-order valence-corrected chi connectivity index (χ2v) is 5.41. The Labute approximate surface area is 105 Å². The van der Waals surface area contributed by atoms with Crippen LogP contribution >= 0.6 is 11.3 Å². The molecule has 88 valence electrons. The van der Waals surface area contributed by atoms with Crippen molar-refractivity contribution in [2.24, 2.45) is 0 Å². The number of nitrogens with zero attached hydrogens (tertiary/aromatic N) is 2. The molecule has 17 heavy (non-hydrogen) atoms. The summed E-state index contributed by atoms with van der Waals surface area (Å²) in [5.41, 5.74) is 2.44. The molecule has 4 heteroatoms. The first-order valence-electron chi connectivity index (χ1n) is 5.95. The molecule has 0 spiro atoms. The van der Waals surface area contributed by atoms with E-state index in [0.717, 1.165) is 11.6 Å². The predicted molar refractivity (Wildman–Crippen MR) is 70.4 cm³/mol. The third-order valence-electron chi connectivity index (χ3n) is 3.15. The van der Waals surface area contributed by atoms with Crippen molar-refractivity contribution in [2.75, 3.05) is 5.32 Å². The lowest BCUT2D eigenvalue weighted by atomic mass is 9.94. The second kappa shape index (κ2) is 4.45. The van der Waals surface area contributed by atoms with Crippen molar-refractivity contribution in [3.8, 4) is 0 Å². The molecule has 0 saturated heterocycles. The number of rotatable bonds is 2. The van der Waals surface area contributed by atoms with Crippen LogP contribution in [0.2, 0.25) is 0 Å². The summed E-state index contributed by atoms with van der Waals surface area (Å²) in [5, 5.41) is 5.63. The molecular weight excluding hydrogens is 230 g/mol. The van der Waals surface area contributed by atoms with Crippen molar-refractivity contribution in [1.82, 2.24) is 9.97 Å². The van der Waals surface area contributed by atoms with Gasteiger partial charge in [0.1, 0.15) is 0 Å². The summed E-state index contributed by atoms with van der Waals surface area (Å²) in [4.78, 5) is 10.2. The van der Waals surface area contributed by atoms with Crippen molar-refractivity contribution >= 4 is 17.3 Å². The van der Waals surface area contributed by atoms with Crippen molar-refractivity contribution in [2.45, 2.75) is 32.2 Å². The van der Waals surface area contributed by atoms with Gasteiger partial charge in [-0.2, -0.15) is 0 Å². The van der Waals surface area contributed by atoms with E-state index in [1.54, 1.807) is 0 Å². The Kier molecular flexibility index (Phi) is 2.81. The number of anilines is 1. The smallest absolute Gasteiger partial charge is 0.223 e. The fourth-order valence-electron chi connectivity index (χ4n) is 2.31. The molecule has 0 amide bonds. The highest BCUT2D eigenvalue weighted by atomic mass is 32.1. The standard InChI is InChI=1S/C13H15N3S/c1-9-5-7-14-13(15-9)16-11-3-2-4-12-10(11)6-8-17-12/h5-8,11H,2-4H2,1H3,(H,14,15,16). The van der Waals surface area contributed by atoms with Gasteiger partial charge in [-0.1, -0.05) is 0 Å². The molecule has 1 N–H and O–H groups in total. The van der Waals surface area contributed by atoms with Crippen LogP contribution in [0.25, 0.3) is 0 Å². The molecule has 0 fully saturated rings. The number of nitrogens with one attached hydrogen (secondary N) is 1. The van der Waals surface area contributed by atoms with Gasteiger partial charge in [0.2, 0.25) is 5.95 Å². The van der Waals surface area contributed by atoms with Crippen molar-refractivity contribution in [3.05, 3.63) is 39.8 Å². The van der Waals surface area contributed by atoms with Gasteiger partial charge < -0.3 is 5.32 Å². The average molecular weight is 245 g/mol. The molecule has 1 aliphatic carbocycles. The maximum Gasteiger partial charge on any atom is 0.223 e. The first-order valence-corrected chi connectivity index (χ1v) is 6.83. The van der Waals surface area contributed by atoms with E-state index in [1.807, 2.05) is 30.5 Å². The van der Waals surface area contributed by atoms with E-state index in [4.69, 9.17) is 0 Å². The number of hydrogen-bond donors (Lipinski definition) is 1. The average Bonchev–Trinajstić information content (AvgIpc) is 2.78. The van der Waals surface area contributed by atoms with E-state index in [0.29, 0.717) is 6.04 Å². The lowest BCUT2D eigenvalue weighted by molar-refractivity contribution is 0.604. The zero-order valence-electron chi connectivity index (χ0n) is 9.81. The van der Waals surface area contributed by atoms with Gasteiger partial charge in [0, 0.05) is 16.8 Å². The minimum Gasteiger partial charge on any atom is -0.347 e.